The fourth-order valence-corrected chi connectivity index (χ4v) is 2.45. The number of hydrogen-bond donors (Lipinski definition) is 2. The van der Waals surface area contributed by atoms with E-state index < -0.39 is 11.7 Å². The van der Waals surface area contributed by atoms with Crippen molar-refractivity contribution in [1.82, 2.24) is 20.5 Å². The van der Waals surface area contributed by atoms with Crippen LogP contribution in [0.1, 0.15) is 44.4 Å². The first-order valence-corrected chi connectivity index (χ1v) is 8.37. The SMILES string of the molecule is Cc1csc(C(C)NC(=O)NCCN(C)C(=O)OC(C)(C)C)n1. The van der Waals surface area contributed by atoms with Gasteiger partial charge in [-0.2, -0.15) is 0 Å². The van der Waals surface area contributed by atoms with E-state index in [1.807, 2.05) is 40.0 Å². The van der Waals surface area contributed by atoms with Crippen molar-refractivity contribution in [1.29, 1.82) is 0 Å². The number of carbonyl (C=O) groups excluding carboxylic acids is 2. The Hall–Kier alpha value is -1.83. The van der Waals surface area contributed by atoms with Crippen molar-refractivity contribution in [3.63, 3.8) is 0 Å². The first-order valence-electron chi connectivity index (χ1n) is 7.49. The van der Waals surface area contributed by atoms with Gasteiger partial charge in [0.15, 0.2) is 0 Å². The van der Waals surface area contributed by atoms with Gasteiger partial charge in [0.1, 0.15) is 10.6 Å². The summed E-state index contributed by atoms with van der Waals surface area (Å²) in [6.45, 7) is 9.94. The van der Waals surface area contributed by atoms with Crippen LogP contribution in [0.4, 0.5) is 9.59 Å². The molecule has 130 valence electrons. The van der Waals surface area contributed by atoms with Crippen molar-refractivity contribution in [2.45, 2.75) is 46.3 Å². The highest BCUT2D eigenvalue weighted by Crippen LogP contribution is 2.17. The molecule has 0 aliphatic heterocycles. The molecule has 1 aromatic heterocycles. The van der Waals surface area contributed by atoms with Gasteiger partial charge in [-0.15, -0.1) is 11.3 Å². The first-order chi connectivity index (χ1) is 10.6. The van der Waals surface area contributed by atoms with E-state index in [0.717, 1.165) is 10.7 Å². The number of rotatable bonds is 5. The van der Waals surface area contributed by atoms with Crippen molar-refractivity contribution in [3.8, 4) is 0 Å². The van der Waals surface area contributed by atoms with Crippen LogP contribution in [0.25, 0.3) is 0 Å². The fraction of sp³-hybridized carbons (Fsp3) is 0.667. The number of urea groups is 1. The molecule has 0 saturated heterocycles. The second kappa shape index (κ2) is 8.14. The summed E-state index contributed by atoms with van der Waals surface area (Å²) in [4.78, 5) is 29.4. The molecule has 3 amide bonds. The average molecular weight is 342 g/mol. The number of aromatic nitrogens is 1. The molecule has 0 aromatic carbocycles. The standard InChI is InChI=1S/C15H26N4O3S/c1-10-9-23-12(17-10)11(2)18-13(20)16-7-8-19(6)14(21)22-15(3,4)5/h9,11H,7-8H2,1-6H3,(H2,16,18,20). The lowest BCUT2D eigenvalue weighted by molar-refractivity contribution is 0.0301. The lowest BCUT2D eigenvalue weighted by atomic mass is 10.2. The molecule has 23 heavy (non-hydrogen) atoms. The zero-order valence-electron chi connectivity index (χ0n) is 14.6. The van der Waals surface area contributed by atoms with E-state index in [2.05, 4.69) is 15.6 Å². The Morgan fingerprint density at radius 3 is 2.61 bits per heavy atom. The molecule has 0 fully saturated rings. The molecule has 0 aliphatic carbocycles. The minimum absolute atomic E-state index is 0.155. The maximum Gasteiger partial charge on any atom is 0.410 e. The molecule has 0 spiro atoms. The molecule has 2 N–H and O–H groups in total. The van der Waals surface area contributed by atoms with Crippen LogP contribution in [-0.4, -0.2) is 47.7 Å². The molecule has 8 heteroatoms. The molecule has 1 atom stereocenters. The number of ether oxygens (including phenoxy) is 1. The smallest absolute Gasteiger partial charge is 0.410 e. The molecule has 0 aliphatic rings. The van der Waals surface area contributed by atoms with E-state index in [9.17, 15) is 9.59 Å². The van der Waals surface area contributed by atoms with Crippen LogP contribution in [0.2, 0.25) is 0 Å². The van der Waals surface area contributed by atoms with Gasteiger partial charge in [0.05, 0.1) is 6.04 Å². The average Bonchev–Trinajstić information content (AvgIpc) is 2.83. The van der Waals surface area contributed by atoms with Crippen LogP contribution in [0, 0.1) is 6.92 Å². The van der Waals surface area contributed by atoms with Gasteiger partial charge in [0.25, 0.3) is 0 Å². The van der Waals surface area contributed by atoms with Gasteiger partial charge in [-0.3, -0.25) is 0 Å². The lowest BCUT2D eigenvalue weighted by Crippen LogP contribution is -2.42. The molecule has 1 aromatic rings. The van der Waals surface area contributed by atoms with Crippen molar-refractivity contribution in [2.24, 2.45) is 0 Å². The van der Waals surface area contributed by atoms with Gasteiger partial charge >= 0.3 is 12.1 Å². The number of hydrogen-bond acceptors (Lipinski definition) is 5. The fourth-order valence-electron chi connectivity index (χ4n) is 1.65. The number of amides is 3. The monoisotopic (exact) mass is 342 g/mol. The van der Waals surface area contributed by atoms with E-state index in [0.29, 0.717) is 13.1 Å². The number of carbonyl (C=O) groups is 2. The number of likely N-dealkylation sites (N-methyl/N-ethyl adjacent to an activating group) is 1. The third kappa shape index (κ3) is 7.32. The Morgan fingerprint density at radius 2 is 2.09 bits per heavy atom. The second-order valence-electron chi connectivity index (χ2n) is 6.35. The van der Waals surface area contributed by atoms with Gasteiger partial charge in [0.2, 0.25) is 0 Å². The number of nitrogens with one attached hydrogen (secondary N) is 2. The highest BCUT2D eigenvalue weighted by molar-refractivity contribution is 7.09. The van der Waals surface area contributed by atoms with Crippen molar-refractivity contribution < 1.29 is 14.3 Å². The number of nitrogens with zero attached hydrogens (tertiary/aromatic N) is 2. The maximum atomic E-state index is 11.8. The third-order valence-corrected chi connectivity index (χ3v) is 3.94. The quantitative estimate of drug-likeness (QED) is 0.862. The van der Waals surface area contributed by atoms with Gasteiger partial charge < -0.3 is 20.3 Å². The van der Waals surface area contributed by atoms with Crippen LogP contribution < -0.4 is 10.6 Å². The second-order valence-corrected chi connectivity index (χ2v) is 7.24. The minimum Gasteiger partial charge on any atom is -0.444 e. The van der Waals surface area contributed by atoms with Crippen LogP contribution in [0.3, 0.4) is 0 Å². The first kappa shape index (κ1) is 19.2. The molecule has 1 unspecified atom stereocenters. The summed E-state index contributed by atoms with van der Waals surface area (Å²) in [7, 11) is 1.63. The number of thiazole rings is 1. The van der Waals surface area contributed by atoms with E-state index in [1.165, 1.54) is 16.2 Å². The van der Waals surface area contributed by atoms with E-state index in [1.54, 1.807) is 7.05 Å². The molecule has 0 bridgehead atoms. The molecule has 1 heterocycles. The summed E-state index contributed by atoms with van der Waals surface area (Å²) in [6.07, 6.45) is -0.411. The molecular weight excluding hydrogens is 316 g/mol. The summed E-state index contributed by atoms with van der Waals surface area (Å²) < 4.78 is 5.23. The van der Waals surface area contributed by atoms with E-state index >= 15 is 0 Å². The van der Waals surface area contributed by atoms with Gasteiger partial charge in [-0.25, -0.2) is 14.6 Å². The van der Waals surface area contributed by atoms with Crippen LogP contribution >= 0.6 is 11.3 Å². The third-order valence-electron chi connectivity index (χ3n) is 2.79. The predicted octanol–water partition coefficient (Wildman–Crippen LogP) is 2.68. The van der Waals surface area contributed by atoms with Crippen LogP contribution in [0.15, 0.2) is 5.38 Å². The topological polar surface area (TPSA) is 83.6 Å². The molecular formula is C15H26N4O3S. The Labute approximate surface area is 141 Å². The molecule has 7 nitrogen and oxygen atoms in total. The van der Waals surface area contributed by atoms with Gasteiger partial charge in [-0.1, -0.05) is 0 Å². The summed E-state index contributed by atoms with van der Waals surface area (Å²) in [5.74, 6) is 0. The Morgan fingerprint density at radius 1 is 1.43 bits per heavy atom. The zero-order valence-corrected chi connectivity index (χ0v) is 15.4. The predicted molar refractivity (Wildman–Crippen MR) is 90.7 cm³/mol. The van der Waals surface area contributed by atoms with Gasteiger partial charge in [0, 0.05) is 31.2 Å². The van der Waals surface area contributed by atoms with Crippen molar-refractivity contribution in [2.75, 3.05) is 20.1 Å². The van der Waals surface area contributed by atoms with Crippen LogP contribution in [0.5, 0.6) is 0 Å². The summed E-state index contributed by atoms with van der Waals surface area (Å²) in [5, 5.41) is 8.34. The maximum absolute atomic E-state index is 11.8. The largest absolute Gasteiger partial charge is 0.444 e. The highest BCUT2D eigenvalue weighted by Gasteiger charge is 2.19. The molecule has 1 rings (SSSR count). The molecule has 0 saturated carbocycles. The lowest BCUT2D eigenvalue weighted by Gasteiger charge is -2.24. The zero-order chi connectivity index (χ0) is 17.6. The van der Waals surface area contributed by atoms with Crippen LogP contribution in [-0.2, 0) is 4.74 Å². The Balaban J connectivity index is 2.29. The van der Waals surface area contributed by atoms with E-state index in [-0.39, 0.29) is 12.1 Å². The van der Waals surface area contributed by atoms with Gasteiger partial charge in [-0.05, 0) is 34.6 Å². The molecule has 0 radical (unpaired) electrons. The summed E-state index contributed by atoms with van der Waals surface area (Å²) >= 11 is 1.51. The number of aryl methyl sites for hydroxylation is 1. The minimum atomic E-state index is -0.530. The normalized spacial score (nSPS) is 12.4. The Kier molecular flexibility index (Phi) is 6.80. The summed E-state index contributed by atoms with van der Waals surface area (Å²) in [6, 6.07) is -0.444. The van der Waals surface area contributed by atoms with Crippen molar-refractivity contribution in [3.05, 3.63) is 16.1 Å². The van der Waals surface area contributed by atoms with E-state index in [4.69, 9.17) is 4.74 Å². The highest BCUT2D eigenvalue weighted by atomic mass is 32.1. The Bertz CT molecular complexity index is 539. The summed E-state index contributed by atoms with van der Waals surface area (Å²) in [5.41, 5.74) is 0.412. The van der Waals surface area contributed by atoms with Crippen molar-refractivity contribution >= 4 is 23.5 Å².